The van der Waals surface area contributed by atoms with E-state index in [0.29, 0.717) is 12.2 Å². The van der Waals surface area contributed by atoms with Crippen molar-refractivity contribution in [2.75, 3.05) is 33.4 Å². The van der Waals surface area contributed by atoms with Crippen molar-refractivity contribution in [3.63, 3.8) is 0 Å². The molecular weight excluding hydrogens is 323 g/mol. The second-order valence-electron chi connectivity index (χ2n) is 6.07. The summed E-state index contributed by atoms with van der Waals surface area (Å²) in [5, 5.41) is 0. The Labute approximate surface area is 134 Å². The number of rotatable bonds is 2. The highest BCUT2D eigenvalue weighted by molar-refractivity contribution is 7.89. The molecule has 126 valence electrons. The van der Waals surface area contributed by atoms with Crippen LogP contribution in [-0.2, 0) is 19.6 Å². The van der Waals surface area contributed by atoms with Gasteiger partial charge in [-0.2, -0.15) is 4.31 Å². The number of amides is 1. The van der Waals surface area contributed by atoms with Gasteiger partial charge in [0.1, 0.15) is 5.82 Å². The topological polar surface area (TPSA) is 66.9 Å². The predicted molar refractivity (Wildman–Crippen MR) is 80.8 cm³/mol. The Morgan fingerprint density at radius 2 is 2.00 bits per heavy atom. The van der Waals surface area contributed by atoms with Gasteiger partial charge in [0.25, 0.3) is 0 Å². The monoisotopic (exact) mass is 342 g/mol. The fourth-order valence-electron chi connectivity index (χ4n) is 3.05. The maximum Gasteiger partial charge on any atom is 0.243 e. The number of carbonyl (C=O) groups excluding carboxylic acids is 1. The molecule has 2 atom stereocenters. The van der Waals surface area contributed by atoms with Crippen LogP contribution in [0.15, 0.2) is 23.1 Å². The number of aryl methyl sites for hydroxylation is 1. The number of hydrogen-bond donors (Lipinski definition) is 0. The molecule has 2 fully saturated rings. The Morgan fingerprint density at radius 3 is 2.74 bits per heavy atom. The quantitative estimate of drug-likeness (QED) is 0.790. The van der Waals surface area contributed by atoms with Gasteiger partial charge in [-0.1, -0.05) is 6.07 Å². The summed E-state index contributed by atoms with van der Waals surface area (Å²) < 4.78 is 46.2. The number of ether oxygens (including phenoxy) is 1. The summed E-state index contributed by atoms with van der Waals surface area (Å²) in [5.41, 5.74) is 0.483. The van der Waals surface area contributed by atoms with Crippen molar-refractivity contribution in [1.29, 1.82) is 0 Å². The average molecular weight is 342 g/mol. The summed E-state index contributed by atoms with van der Waals surface area (Å²) in [4.78, 5) is 13.8. The Kier molecular flexibility index (Phi) is 4.16. The third-order valence-electron chi connectivity index (χ3n) is 4.48. The van der Waals surface area contributed by atoms with Crippen LogP contribution in [0, 0.1) is 18.7 Å². The van der Waals surface area contributed by atoms with Crippen molar-refractivity contribution in [2.24, 2.45) is 5.92 Å². The van der Waals surface area contributed by atoms with Crippen LogP contribution in [0.5, 0.6) is 0 Å². The number of fused-ring (bicyclic) bond motifs is 3. The molecule has 23 heavy (non-hydrogen) atoms. The first-order valence-electron chi connectivity index (χ1n) is 7.41. The van der Waals surface area contributed by atoms with Gasteiger partial charge in [-0.3, -0.25) is 4.79 Å². The van der Waals surface area contributed by atoms with Crippen LogP contribution < -0.4 is 0 Å². The lowest BCUT2D eigenvalue weighted by Crippen LogP contribution is -2.45. The first kappa shape index (κ1) is 16.4. The van der Waals surface area contributed by atoms with Crippen LogP contribution in [0.3, 0.4) is 0 Å². The predicted octanol–water partition coefficient (Wildman–Crippen LogP) is 0.612. The van der Waals surface area contributed by atoms with E-state index in [1.807, 2.05) is 0 Å². The van der Waals surface area contributed by atoms with Gasteiger partial charge in [0.05, 0.1) is 30.1 Å². The van der Waals surface area contributed by atoms with E-state index in [4.69, 9.17) is 4.74 Å². The smallest absolute Gasteiger partial charge is 0.243 e. The van der Waals surface area contributed by atoms with Gasteiger partial charge in [-0.15, -0.1) is 0 Å². The molecule has 0 N–H and O–H groups in total. The van der Waals surface area contributed by atoms with E-state index in [1.54, 1.807) is 18.9 Å². The maximum atomic E-state index is 13.5. The van der Waals surface area contributed by atoms with E-state index in [0.717, 1.165) is 6.07 Å². The van der Waals surface area contributed by atoms with E-state index in [2.05, 4.69) is 0 Å². The summed E-state index contributed by atoms with van der Waals surface area (Å²) in [5.74, 6) is -1.24. The Bertz CT molecular complexity index is 737. The normalized spacial score (nSPS) is 26.2. The fraction of sp³-hybridized carbons (Fsp3) is 0.533. The van der Waals surface area contributed by atoms with E-state index in [-0.39, 0.29) is 36.5 Å². The number of likely N-dealkylation sites (N-methyl/N-ethyl adjacent to an activating group) is 1. The second-order valence-corrected chi connectivity index (χ2v) is 7.98. The highest BCUT2D eigenvalue weighted by Gasteiger charge is 2.41. The number of nitrogens with zero attached hydrogens (tertiary/aromatic N) is 2. The number of sulfonamides is 1. The van der Waals surface area contributed by atoms with Gasteiger partial charge in [0.15, 0.2) is 0 Å². The molecular formula is C15H19FN2O4S. The molecule has 0 aliphatic carbocycles. The van der Waals surface area contributed by atoms with Gasteiger partial charge >= 0.3 is 0 Å². The van der Waals surface area contributed by atoms with Crippen LogP contribution in [0.2, 0.25) is 0 Å². The van der Waals surface area contributed by atoms with E-state index in [1.165, 1.54) is 16.4 Å². The first-order chi connectivity index (χ1) is 10.8. The molecule has 2 heterocycles. The van der Waals surface area contributed by atoms with E-state index in [9.17, 15) is 17.6 Å². The SMILES string of the molecule is Cc1ccc(F)cc1S(=O)(=O)N1C[C@H]2COC[C@H](C1)N(C)C2=O. The Morgan fingerprint density at radius 1 is 1.26 bits per heavy atom. The van der Waals surface area contributed by atoms with Crippen molar-refractivity contribution >= 4 is 15.9 Å². The molecule has 1 aromatic carbocycles. The minimum absolute atomic E-state index is 0.0477. The van der Waals surface area contributed by atoms with E-state index >= 15 is 0 Å². The summed E-state index contributed by atoms with van der Waals surface area (Å²) in [6.45, 7) is 2.33. The summed E-state index contributed by atoms with van der Waals surface area (Å²) in [6, 6.07) is 3.38. The van der Waals surface area contributed by atoms with Crippen molar-refractivity contribution in [2.45, 2.75) is 17.9 Å². The Balaban J connectivity index is 2.00. The van der Waals surface area contributed by atoms with Gasteiger partial charge < -0.3 is 9.64 Å². The Hall–Kier alpha value is -1.51. The first-order valence-corrected chi connectivity index (χ1v) is 8.85. The third-order valence-corrected chi connectivity index (χ3v) is 6.45. The molecule has 2 aliphatic rings. The fourth-order valence-corrected chi connectivity index (χ4v) is 4.81. The number of halogens is 1. The third kappa shape index (κ3) is 2.86. The van der Waals surface area contributed by atoms with Crippen LogP contribution in [0.1, 0.15) is 5.56 Å². The van der Waals surface area contributed by atoms with Crippen LogP contribution in [0.25, 0.3) is 0 Å². The zero-order chi connectivity index (χ0) is 16.8. The minimum Gasteiger partial charge on any atom is -0.378 e. The lowest BCUT2D eigenvalue weighted by Gasteiger charge is -2.29. The molecule has 1 aromatic rings. The summed E-state index contributed by atoms with van der Waals surface area (Å²) in [7, 11) is -2.20. The number of carbonyl (C=O) groups is 1. The molecule has 0 aromatic heterocycles. The number of hydrogen-bond acceptors (Lipinski definition) is 4. The molecule has 3 rings (SSSR count). The van der Waals surface area contributed by atoms with Gasteiger partial charge in [0, 0.05) is 20.1 Å². The minimum atomic E-state index is -3.87. The molecule has 1 amide bonds. The highest BCUT2D eigenvalue weighted by atomic mass is 32.2. The molecule has 6 nitrogen and oxygen atoms in total. The molecule has 8 heteroatoms. The second kappa shape index (κ2) is 5.85. The van der Waals surface area contributed by atoms with Crippen molar-refractivity contribution in [1.82, 2.24) is 9.21 Å². The molecule has 0 radical (unpaired) electrons. The number of benzene rings is 1. The van der Waals surface area contributed by atoms with Gasteiger partial charge in [0.2, 0.25) is 15.9 Å². The van der Waals surface area contributed by atoms with Crippen LogP contribution in [-0.4, -0.2) is 62.9 Å². The molecule has 2 aliphatic heterocycles. The zero-order valence-corrected chi connectivity index (χ0v) is 13.8. The van der Waals surface area contributed by atoms with Crippen LogP contribution >= 0.6 is 0 Å². The highest BCUT2D eigenvalue weighted by Crippen LogP contribution is 2.27. The van der Waals surface area contributed by atoms with E-state index < -0.39 is 21.8 Å². The van der Waals surface area contributed by atoms with Gasteiger partial charge in [-0.25, -0.2) is 12.8 Å². The lowest BCUT2D eigenvalue weighted by atomic mass is 10.1. The van der Waals surface area contributed by atoms with Crippen molar-refractivity contribution in [3.8, 4) is 0 Å². The molecule has 0 unspecified atom stereocenters. The molecule has 2 bridgehead atoms. The average Bonchev–Trinajstić information content (AvgIpc) is 2.67. The lowest BCUT2D eigenvalue weighted by molar-refractivity contribution is -0.133. The molecule has 2 saturated heterocycles. The zero-order valence-electron chi connectivity index (χ0n) is 13.0. The van der Waals surface area contributed by atoms with Crippen molar-refractivity contribution < 1.29 is 22.3 Å². The standard InChI is InChI=1S/C15H19FN2O4S/c1-10-3-4-12(16)5-14(10)23(20,21)18-6-11-8-22-9-13(7-18)17(2)15(11)19/h3-5,11,13H,6-9H2,1-2H3/t11-,13-/m0/s1. The van der Waals surface area contributed by atoms with Crippen molar-refractivity contribution in [3.05, 3.63) is 29.6 Å². The maximum absolute atomic E-state index is 13.5. The summed E-state index contributed by atoms with van der Waals surface area (Å²) in [6.07, 6.45) is 0. The molecule has 0 spiro atoms. The molecule has 0 saturated carbocycles. The van der Waals surface area contributed by atoms with Crippen LogP contribution in [0.4, 0.5) is 4.39 Å². The summed E-state index contributed by atoms with van der Waals surface area (Å²) >= 11 is 0. The van der Waals surface area contributed by atoms with Gasteiger partial charge in [-0.05, 0) is 24.6 Å². The largest absolute Gasteiger partial charge is 0.378 e.